The second kappa shape index (κ2) is 7.42. The SMILES string of the molecule is NC(=S)N(C(=O)c1ccccc1)c1ccc(Cl)c(-c2nc3ccccc3[nH]2)c1. The number of imidazole rings is 1. The zero-order valence-electron chi connectivity index (χ0n) is 14.6. The molecule has 1 amide bonds. The number of fused-ring (bicyclic) bond motifs is 1. The molecule has 0 spiro atoms. The van der Waals surface area contributed by atoms with Crippen LogP contribution in [0.1, 0.15) is 10.4 Å². The number of nitrogens with zero attached hydrogens (tertiary/aromatic N) is 2. The number of benzene rings is 3. The van der Waals surface area contributed by atoms with E-state index in [9.17, 15) is 4.79 Å². The van der Waals surface area contributed by atoms with Gasteiger partial charge in [-0.25, -0.2) is 4.98 Å². The van der Waals surface area contributed by atoms with Crippen molar-refractivity contribution in [2.45, 2.75) is 0 Å². The standard InChI is InChI=1S/C21H15ClN4OS/c22-16-11-10-14(26(21(23)28)20(27)13-6-2-1-3-7-13)12-15(16)19-24-17-8-4-5-9-18(17)25-19/h1-12H,(H2,23,28)(H,24,25). The van der Waals surface area contributed by atoms with Gasteiger partial charge < -0.3 is 10.7 Å². The summed E-state index contributed by atoms with van der Waals surface area (Å²) in [5, 5.41) is 0.449. The first-order chi connectivity index (χ1) is 13.5. The molecule has 0 aliphatic heterocycles. The average molecular weight is 407 g/mol. The number of halogens is 1. The van der Waals surface area contributed by atoms with E-state index >= 15 is 0 Å². The summed E-state index contributed by atoms with van der Waals surface area (Å²) in [5.41, 5.74) is 9.24. The number of nitrogens with two attached hydrogens (primary N) is 1. The third-order valence-corrected chi connectivity index (χ3v) is 4.81. The Morgan fingerprint density at radius 1 is 1.04 bits per heavy atom. The molecule has 0 saturated carbocycles. The monoisotopic (exact) mass is 406 g/mol. The molecule has 7 heteroatoms. The Kier molecular flexibility index (Phi) is 4.81. The van der Waals surface area contributed by atoms with Crippen molar-refractivity contribution in [2.75, 3.05) is 4.90 Å². The van der Waals surface area contributed by atoms with Crippen LogP contribution in [0.25, 0.3) is 22.4 Å². The van der Waals surface area contributed by atoms with Crippen molar-refractivity contribution in [2.24, 2.45) is 5.73 Å². The summed E-state index contributed by atoms with van der Waals surface area (Å²) in [6.45, 7) is 0. The number of hydrogen-bond donors (Lipinski definition) is 2. The summed E-state index contributed by atoms with van der Waals surface area (Å²) in [6, 6.07) is 21.7. The molecular formula is C21H15ClN4OS. The van der Waals surface area contributed by atoms with Crippen LogP contribution >= 0.6 is 23.8 Å². The van der Waals surface area contributed by atoms with Gasteiger partial charge in [-0.15, -0.1) is 0 Å². The quantitative estimate of drug-likeness (QED) is 0.480. The van der Waals surface area contributed by atoms with Gasteiger partial charge in [0.2, 0.25) is 0 Å². The first-order valence-electron chi connectivity index (χ1n) is 8.48. The highest BCUT2D eigenvalue weighted by molar-refractivity contribution is 7.80. The van der Waals surface area contributed by atoms with Crippen molar-refractivity contribution in [3.63, 3.8) is 0 Å². The van der Waals surface area contributed by atoms with Crippen molar-refractivity contribution in [1.29, 1.82) is 0 Å². The molecule has 138 valence electrons. The fourth-order valence-electron chi connectivity index (χ4n) is 2.97. The first-order valence-corrected chi connectivity index (χ1v) is 9.27. The van der Waals surface area contributed by atoms with E-state index in [0.717, 1.165) is 11.0 Å². The number of carbonyl (C=O) groups excluding carboxylic acids is 1. The normalized spacial score (nSPS) is 10.8. The van der Waals surface area contributed by atoms with E-state index < -0.39 is 0 Å². The molecule has 0 radical (unpaired) electrons. The van der Waals surface area contributed by atoms with Crippen LogP contribution in [0, 0.1) is 0 Å². The lowest BCUT2D eigenvalue weighted by molar-refractivity contribution is 0.100. The predicted molar refractivity (Wildman–Crippen MR) is 117 cm³/mol. The molecule has 0 aliphatic carbocycles. The molecule has 0 aliphatic rings. The molecule has 1 aromatic heterocycles. The maximum Gasteiger partial charge on any atom is 0.264 e. The van der Waals surface area contributed by atoms with Gasteiger partial charge in [-0.1, -0.05) is 41.9 Å². The lowest BCUT2D eigenvalue weighted by atomic mass is 10.1. The number of thiocarbonyl (C=S) groups is 1. The van der Waals surface area contributed by atoms with Gasteiger partial charge >= 0.3 is 0 Å². The molecule has 3 N–H and O–H groups in total. The minimum Gasteiger partial charge on any atom is -0.376 e. The minimum absolute atomic E-state index is 0.0493. The number of para-hydroxylation sites is 2. The van der Waals surface area contributed by atoms with Gasteiger partial charge in [-0.3, -0.25) is 9.69 Å². The van der Waals surface area contributed by atoms with Gasteiger partial charge in [-0.05, 0) is 54.7 Å². The predicted octanol–water partition coefficient (Wildman–Crippen LogP) is 4.77. The minimum atomic E-state index is -0.314. The third-order valence-electron chi connectivity index (χ3n) is 4.30. The smallest absolute Gasteiger partial charge is 0.264 e. The fraction of sp³-hybridized carbons (Fsp3) is 0. The molecule has 28 heavy (non-hydrogen) atoms. The Labute approximate surface area is 171 Å². The maximum absolute atomic E-state index is 13.0. The van der Waals surface area contributed by atoms with Crippen molar-refractivity contribution >= 4 is 51.6 Å². The van der Waals surface area contributed by atoms with Gasteiger partial charge in [0.15, 0.2) is 5.11 Å². The number of aromatic nitrogens is 2. The zero-order chi connectivity index (χ0) is 19.7. The topological polar surface area (TPSA) is 75.0 Å². The van der Waals surface area contributed by atoms with Crippen LogP contribution in [0.5, 0.6) is 0 Å². The van der Waals surface area contributed by atoms with Crippen LogP contribution in [-0.2, 0) is 0 Å². The average Bonchev–Trinajstić information content (AvgIpc) is 3.13. The molecule has 0 unspecified atom stereocenters. The number of carbonyl (C=O) groups is 1. The van der Waals surface area contributed by atoms with Crippen molar-refractivity contribution in [1.82, 2.24) is 9.97 Å². The molecule has 0 fully saturated rings. The molecule has 1 heterocycles. The van der Waals surface area contributed by atoms with E-state index in [-0.39, 0.29) is 11.0 Å². The molecule has 3 aromatic carbocycles. The second-order valence-corrected chi connectivity index (χ2v) is 6.94. The first kappa shape index (κ1) is 18.2. The van der Waals surface area contributed by atoms with E-state index in [2.05, 4.69) is 9.97 Å². The van der Waals surface area contributed by atoms with E-state index in [0.29, 0.717) is 27.7 Å². The number of aromatic amines is 1. The maximum atomic E-state index is 13.0. The van der Waals surface area contributed by atoms with Crippen LogP contribution in [0.4, 0.5) is 5.69 Å². The summed E-state index contributed by atoms with van der Waals surface area (Å²) >= 11 is 11.6. The highest BCUT2D eigenvalue weighted by atomic mass is 35.5. The number of anilines is 1. The lowest BCUT2D eigenvalue weighted by Gasteiger charge is -2.21. The molecular weight excluding hydrogens is 392 g/mol. The Balaban J connectivity index is 1.80. The summed E-state index contributed by atoms with van der Waals surface area (Å²) in [6.07, 6.45) is 0. The molecule has 0 bridgehead atoms. The molecule has 0 atom stereocenters. The van der Waals surface area contributed by atoms with Crippen LogP contribution in [0.3, 0.4) is 0 Å². The number of nitrogens with one attached hydrogen (secondary N) is 1. The lowest BCUT2D eigenvalue weighted by Crippen LogP contribution is -2.40. The van der Waals surface area contributed by atoms with E-state index in [1.54, 1.807) is 42.5 Å². The Morgan fingerprint density at radius 3 is 2.46 bits per heavy atom. The highest BCUT2D eigenvalue weighted by Crippen LogP contribution is 2.32. The molecule has 4 rings (SSSR count). The van der Waals surface area contributed by atoms with Crippen molar-refractivity contribution in [3.8, 4) is 11.4 Å². The Morgan fingerprint density at radius 2 is 1.75 bits per heavy atom. The number of hydrogen-bond acceptors (Lipinski definition) is 3. The van der Waals surface area contributed by atoms with Gasteiger partial charge in [0, 0.05) is 11.1 Å². The Bertz CT molecular complexity index is 1160. The van der Waals surface area contributed by atoms with Gasteiger partial charge in [0.25, 0.3) is 5.91 Å². The summed E-state index contributed by atoms with van der Waals surface area (Å²) in [5.74, 6) is 0.286. The van der Waals surface area contributed by atoms with E-state index in [1.165, 1.54) is 4.90 Å². The van der Waals surface area contributed by atoms with Gasteiger partial charge in [0.1, 0.15) is 5.82 Å². The summed E-state index contributed by atoms with van der Waals surface area (Å²) in [4.78, 5) is 22.1. The van der Waals surface area contributed by atoms with Crippen LogP contribution < -0.4 is 10.6 Å². The van der Waals surface area contributed by atoms with Gasteiger partial charge in [-0.2, -0.15) is 0 Å². The number of rotatable bonds is 3. The summed E-state index contributed by atoms with van der Waals surface area (Å²) < 4.78 is 0. The van der Waals surface area contributed by atoms with Crippen molar-refractivity contribution in [3.05, 3.63) is 83.4 Å². The van der Waals surface area contributed by atoms with E-state index in [4.69, 9.17) is 29.6 Å². The van der Waals surface area contributed by atoms with Crippen LogP contribution in [0.2, 0.25) is 5.02 Å². The van der Waals surface area contributed by atoms with Crippen LogP contribution in [0.15, 0.2) is 72.8 Å². The third kappa shape index (κ3) is 3.35. The van der Waals surface area contributed by atoms with E-state index in [1.807, 2.05) is 30.3 Å². The largest absolute Gasteiger partial charge is 0.376 e. The second-order valence-electron chi connectivity index (χ2n) is 6.11. The van der Waals surface area contributed by atoms with Crippen LogP contribution in [-0.4, -0.2) is 21.0 Å². The molecule has 4 aromatic rings. The Hall–Kier alpha value is -3.22. The van der Waals surface area contributed by atoms with Crippen molar-refractivity contribution < 1.29 is 4.79 Å². The summed E-state index contributed by atoms with van der Waals surface area (Å²) in [7, 11) is 0. The van der Waals surface area contributed by atoms with Gasteiger partial charge in [0.05, 0.1) is 21.7 Å². The molecule has 0 saturated heterocycles. The molecule has 5 nitrogen and oxygen atoms in total. The fourth-order valence-corrected chi connectivity index (χ4v) is 3.36. The number of amides is 1. The zero-order valence-corrected chi connectivity index (χ0v) is 16.2. The highest BCUT2D eigenvalue weighted by Gasteiger charge is 2.22. The number of H-pyrrole nitrogens is 1.